The predicted molar refractivity (Wildman–Crippen MR) is 135 cm³/mol. The third-order valence-electron chi connectivity index (χ3n) is 5.94. The van der Waals surface area contributed by atoms with Crippen molar-refractivity contribution in [3.8, 4) is 11.1 Å². The van der Waals surface area contributed by atoms with Gasteiger partial charge in [0.1, 0.15) is 0 Å². The lowest BCUT2D eigenvalue weighted by Crippen LogP contribution is -2.30. The minimum atomic E-state index is -0.146. The van der Waals surface area contributed by atoms with Gasteiger partial charge in [-0.2, -0.15) is 0 Å². The van der Waals surface area contributed by atoms with Crippen molar-refractivity contribution in [3.05, 3.63) is 95.0 Å². The average Bonchev–Trinajstić information content (AvgIpc) is 2.84. The van der Waals surface area contributed by atoms with Crippen LogP contribution in [0, 0.1) is 0 Å². The largest absolute Gasteiger partial charge is 0.323 e. The minimum Gasteiger partial charge on any atom is -0.323 e. The van der Waals surface area contributed by atoms with E-state index in [1.54, 1.807) is 6.08 Å². The van der Waals surface area contributed by atoms with Gasteiger partial charge in [-0.05, 0) is 65.4 Å². The Bertz CT molecular complexity index is 1030. The predicted octanol–water partition coefficient (Wildman–Crippen LogP) is 7.08. The Morgan fingerprint density at radius 3 is 2.12 bits per heavy atom. The molecular formula is C28H29ClN2O. The molecule has 0 atom stereocenters. The van der Waals surface area contributed by atoms with Crippen LogP contribution in [0.1, 0.15) is 43.2 Å². The Labute approximate surface area is 195 Å². The topological polar surface area (TPSA) is 41.1 Å². The summed E-state index contributed by atoms with van der Waals surface area (Å²) in [7, 11) is 0. The van der Waals surface area contributed by atoms with Gasteiger partial charge in [0.2, 0.25) is 5.91 Å². The lowest BCUT2D eigenvalue weighted by atomic mass is 9.95. The van der Waals surface area contributed by atoms with Gasteiger partial charge in [-0.1, -0.05) is 79.4 Å². The molecule has 3 aromatic rings. The van der Waals surface area contributed by atoms with E-state index in [1.807, 2.05) is 54.6 Å². The lowest BCUT2D eigenvalue weighted by Gasteiger charge is -2.22. The van der Waals surface area contributed by atoms with E-state index >= 15 is 0 Å². The number of benzene rings is 3. The van der Waals surface area contributed by atoms with Crippen LogP contribution in [0.4, 0.5) is 5.69 Å². The summed E-state index contributed by atoms with van der Waals surface area (Å²) in [5.74, 6) is -0.146. The number of carbonyl (C=O) groups is 1. The highest BCUT2D eigenvalue weighted by molar-refractivity contribution is 6.30. The molecule has 3 aromatic carbocycles. The van der Waals surface area contributed by atoms with Gasteiger partial charge in [0.15, 0.2) is 0 Å². The Morgan fingerprint density at radius 1 is 0.844 bits per heavy atom. The van der Waals surface area contributed by atoms with Crippen LogP contribution in [0.3, 0.4) is 0 Å². The van der Waals surface area contributed by atoms with Crippen molar-refractivity contribution in [1.82, 2.24) is 5.32 Å². The molecule has 0 bridgehead atoms. The number of amides is 1. The fourth-order valence-electron chi connectivity index (χ4n) is 4.06. The van der Waals surface area contributed by atoms with Gasteiger partial charge >= 0.3 is 0 Å². The molecule has 0 aromatic heterocycles. The molecule has 4 rings (SSSR count). The fraction of sp³-hybridized carbons (Fsp3) is 0.250. The smallest absolute Gasteiger partial charge is 0.248 e. The second-order valence-electron chi connectivity index (χ2n) is 8.36. The van der Waals surface area contributed by atoms with E-state index in [-0.39, 0.29) is 5.91 Å². The van der Waals surface area contributed by atoms with Crippen LogP contribution < -0.4 is 10.6 Å². The van der Waals surface area contributed by atoms with Gasteiger partial charge in [-0.3, -0.25) is 4.79 Å². The summed E-state index contributed by atoms with van der Waals surface area (Å²) in [6.45, 7) is 0.904. The molecule has 1 saturated carbocycles. The van der Waals surface area contributed by atoms with Gasteiger partial charge in [-0.25, -0.2) is 0 Å². The average molecular weight is 445 g/mol. The monoisotopic (exact) mass is 444 g/mol. The van der Waals surface area contributed by atoms with E-state index in [0.717, 1.165) is 33.9 Å². The normalized spacial score (nSPS) is 14.5. The summed E-state index contributed by atoms with van der Waals surface area (Å²) in [5.41, 5.74) is 5.22. The summed E-state index contributed by atoms with van der Waals surface area (Å²) in [6, 6.07) is 24.5. The second kappa shape index (κ2) is 11.1. The van der Waals surface area contributed by atoms with Crippen LogP contribution >= 0.6 is 11.6 Å². The molecule has 32 heavy (non-hydrogen) atoms. The third kappa shape index (κ3) is 6.56. The first-order valence-electron chi connectivity index (χ1n) is 11.3. The Balaban J connectivity index is 1.27. The third-order valence-corrected chi connectivity index (χ3v) is 6.19. The highest BCUT2D eigenvalue weighted by Crippen LogP contribution is 2.23. The van der Waals surface area contributed by atoms with Gasteiger partial charge < -0.3 is 10.6 Å². The van der Waals surface area contributed by atoms with E-state index in [1.165, 1.54) is 37.7 Å². The number of halogens is 1. The number of rotatable bonds is 7. The molecule has 1 aliphatic rings. The lowest BCUT2D eigenvalue weighted by molar-refractivity contribution is -0.111. The van der Waals surface area contributed by atoms with Crippen molar-refractivity contribution in [1.29, 1.82) is 0 Å². The van der Waals surface area contributed by atoms with Crippen molar-refractivity contribution < 1.29 is 4.79 Å². The molecule has 0 aliphatic heterocycles. The van der Waals surface area contributed by atoms with Gasteiger partial charge in [0.25, 0.3) is 0 Å². The van der Waals surface area contributed by atoms with Crippen LogP contribution in [0.25, 0.3) is 17.2 Å². The Kier molecular flexibility index (Phi) is 7.76. The van der Waals surface area contributed by atoms with Crippen molar-refractivity contribution >= 4 is 29.3 Å². The summed E-state index contributed by atoms with van der Waals surface area (Å²) in [4.78, 5) is 12.3. The maximum Gasteiger partial charge on any atom is 0.248 e. The summed E-state index contributed by atoms with van der Waals surface area (Å²) in [6.07, 6.45) is 10.1. The SMILES string of the molecule is O=C(C=Cc1ccc(CNC2CCCCC2)cc1)Nc1ccc(-c2ccc(Cl)cc2)cc1. The zero-order valence-electron chi connectivity index (χ0n) is 18.2. The maximum absolute atomic E-state index is 12.3. The molecule has 4 heteroatoms. The maximum atomic E-state index is 12.3. The molecule has 2 N–H and O–H groups in total. The highest BCUT2D eigenvalue weighted by Gasteiger charge is 2.12. The zero-order chi connectivity index (χ0) is 22.2. The first-order chi connectivity index (χ1) is 15.7. The molecule has 3 nitrogen and oxygen atoms in total. The summed E-state index contributed by atoms with van der Waals surface area (Å²) < 4.78 is 0. The van der Waals surface area contributed by atoms with E-state index in [2.05, 4.69) is 34.9 Å². The van der Waals surface area contributed by atoms with E-state index in [9.17, 15) is 4.79 Å². The number of hydrogen-bond donors (Lipinski definition) is 2. The van der Waals surface area contributed by atoms with Crippen LogP contribution in [0.2, 0.25) is 5.02 Å². The summed E-state index contributed by atoms with van der Waals surface area (Å²) >= 11 is 5.95. The van der Waals surface area contributed by atoms with Crippen LogP contribution in [-0.4, -0.2) is 11.9 Å². The molecule has 164 valence electrons. The zero-order valence-corrected chi connectivity index (χ0v) is 18.9. The molecule has 0 radical (unpaired) electrons. The molecule has 0 saturated heterocycles. The molecule has 0 heterocycles. The molecular weight excluding hydrogens is 416 g/mol. The van der Waals surface area contributed by atoms with Crippen LogP contribution in [0.5, 0.6) is 0 Å². The quantitative estimate of drug-likeness (QED) is 0.382. The second-order valence-corrected chi connectivity index (χ2v) is 8.80. The van der Waals surface area contributed by atoms with Crippen molar-refractivity contribution in [2.75, 3.05) is 5.32 Å². The standard InChI is InChI=1S/C28H29ClN2O/c29-25-15-11-23(12-16-25)24-13-17-27(18-14-24)31-28(32)19-10-21-6-8-22(9-7-21)20-30-26-4-2-1-3-5-26/h6-19,26,30H,1-5,20H2,(H,31,32). The highest BCUT2D eigenvalue weighted by atomic mass is 35.5. The van der Waals surface area contributed by atoms with Gasteiger partial charge in [-0.15, -0.1) is 0 Å². The van der Waals surface area contributed by atoms with Gasteiger partial charge in [0, 0.05) is 29.4 Å². The Morgan fingerprint density at radius 2 is 1.47 bits per heavy atom. The molecule has 1 fully saturated rings. The van der Waals surface area contributed by atoms with E-state index in [4.69, 9.17) is 11.6 Å². The number of hydrogen-bond acceptors (Lipinski definition) is 2. The van der Waals surface area contributed by atoms with Crippen LogP contribution in [-0.2, 0) is 11.3 Å². The first-order valence-corrected chi connectivity index (χ1v) is 11.7. The van der Waals surface area contributed by atoms with Crippen molar-refractivity contribution in [2.45, 2.75) is 44.7 Å². The fourth-order valence-corrected chi connectivity index (χ4v) is 4.19. The Hall–Kier alpha value is -2.88. The van der Waals surface area contributed by atoms with Gasteiger partial charge in [0.05, 0.1) is 0 Å². The minimum absolute atomic E-state index is 0.146. The molecule has 1 aliphatic carbocycles. The summed E-state index contributed by atoms with van der Waals surface area (Å²) in [5, 5.41) is 7.29. The first kappa shape index (κ1) is 22.3. The molecule has 1 amide bonds. The van der Waals surface area contributed by atoms with Crippen molar-refractivity contribution in [3.63, 3.8) is 0 Å². The van der Waals surface area contributed by atoms with Crippen LogP contribution in [0.15, 0.2) is 78.9 Å². The molecule has 0 unspecified atom stereocenters. The van der Waals surface area contributed by atoms with E-state index in [0.29, 0.717) is 6.04 Å². The molecule has 0 spiro atoms. The van der Waals surface area contributed by atoms with E-state index < -0.39 is 0 Å². The van der Waals surface area contributed by atoms with Crippen molar-refractivity contribution in [2.24, 2.45) is 0 Å². The number of nitrogens with one attached hydrogen (secondary N) is 2. The number of anilines is 1. The number of carbonyl (C=O) groups excluding carboxylic acids is 1.